The molecule has 0 saturated carbocycles. The molecular formula is C45H28N2O. The molecule has 0 saturated heterocycles. The minimum atomic E-state index is 0.626. The van der Waals surface area contributed by atoms with E-state index in [1.807, 2.05) is 30.3 Å². The van der Waals surface area contributed by atoms with Gasteiger partial charge in [0.1, 0.15) is 5.52 Å². The maximum Gasteiger partial charge on any atom is 0.227 e. The van der Waals surface area contributed by atoms with Gasteiger partial charge in [-0.3, -0.25) is 0 Å². The SMILES string of the molecule is c1ccc(-c2cc(-c3ccccc3)cc(-n3c4ccc5nc(-c6ccccc6)oc5c4c4c5ccccc5c5ccccc5c43)c2)cc1. The Labute approximate surface area is 277 Å². The van der Waals surface area contributed by atoms with E-state index in [1.54, 1.807) is 0 Å². The summed E-state index contributed by atoms with van der Waals surface area (Å²) in [5.41, 5.74) is 10.6. The normalized spacial score (nSPS) is 11.8. The highest BCUT2D eigenvalue weighted by Crippen LogP contribution is 2.46. The molecular weight excluding hydrogens is 585 g/mol. The average molecular weight is 613 g/mol. The van der Waals surface area contributed by atoms with E-state index in [0.717, 1.165) is 38.8 Å². The highest BCUT2D eigenvalue weighted by atomic mass is 16.3. The molecule has 3 heteroatoms. The van der Waals surface area contributed by atoms with Gasteiger partial charge in [0.2, 0.25) is 5.89 Å². The molecule has 10 aromatic rings. The van der Waals surface area contributed by atoms with Crippen molar-refractivity contribution in [2.75, 3.05) is 0 Å². The van der Waals surface area contributed by atoms with Crippen LogP contribution in [0, 0.1) is 0 Å². The van der Waals surface area contributed by atoms with Crippen LogP contribution in [0.1, 0.15) is 0 Å². The molecule has 0 unspecified atom stereocenters. The second-order valence-electron chi connectivity index (χ2n) is 12.3. The minimum Gasteiger partial charge on any atom is -0.435 e. The second kappa shape index (κ2) is 10.5. The van der Waals surface area contributed by atoms with Crippen molar-refractivity contribution >= 4 is 54.5 Å². The predicted molar refractivity (Wildman–Crippen MR) is 200 cm³/mol. The van der Waals surface area contributed by atoms with E-state index in [1.165, 1.54) is 49.2 Å². The van der Waals surface area contributed by atoms with Gasteiger partial charge in [-0.05, 0) is 80.9 Å². The van der Waals surface area contributed by atoms with Crippen molar-refractivity contribution in [1.29, 1.82) is 0 Å². The van der Waals surface area contributed by atoms with Gasteiger partial charge in [0, 0.05) is 22.0 Å². The molecule has 3 nitrogen and oxygen atoms in total. The van der Waals surface area contributed by atoms with Gasteiger partial charge in [0.05, 0.1) is 16.4 Å². The number of benzene rings is 8. The fourth-order valence-corrected chi connectivity index (χ4v) is 7.45. The number of hydrogen-bond donors (Lipinski definition) is 0. The van der Waals surface area contributed by atoms with Crippen LogP contribution in [0.4, 0.5) is 0 Å². The van der Waals surface area contributed by atoms with Crippen LogP contribution in [-0.2, 0) is 0 Å². The maximum absolute atomic E-state index is 6.75. The lowest BCUT2D eigenvalue weighted by Gasteiger charge is -2.15. The molecule has 0 aliphatic heterocycles. The highest BCUT2D eigenvalue weighted by molar-refractivity contribution is 6.35. The van der Waals surface area contributed by atoms with Crippen LogP contribution < -0.4 is 0 Å². The van der Waals surface area contributed by atoms with Crippen LogP contribution in [0.3, 0.4) is 0 Å². The fourth-order valence-electron chi connectivity index (χ4n) is 7.45. The third kappa shape index (κ3) is 4.04. The Kier molecular flexibility index (Phi) is 5.87. The van der Waals surface area contributed by atoms with Crippen LogP contribution in [-0.4, -0.2) is 9.55 Å². The molecule has 0 fully saturated rings. The second-order valence-corrected chi connectivity index (χ2v) is 12.3. The number of rotatable bonds is 4. The maximum atomic E-state index is 6.75. The lowest BCUT2D eigenvalue weighted by Crippen LogP contribution is -1.97. The standard InChI is InChI=1S/C45H28N2O/c1-4-14-29(15-5-1)32-26-33(30-16-6-2-7-17-30)28-34(27-32)47-40-25-24-39-44(48-45(46-39)31-18-8-3-9-19-31)42(40)41-37-22-12-10-20-35(37)36-21-11-13-23-38(36)43(41)47/h1-28H. The van der Waals surface area contributed by atoms with Crippen molar-refractivity contribution in [3.63, 3.8) is 0 Å². The first-order valence-corrected chi connectivity index (χ1v) is 16.3. The van der Waals surface area contributed by atoms with E-state index >= 15 is 0 Å². The van der Waals surface area contributed by atoms with E-state index in [9.17, 15) is 0 Å². The number of oxazole rings is 1. The lowest BCUT2D eigenvalue weighted by atomic mass is 9.96. The van der Waals surface area contributed by atoms with Crippen molar-refractivity contribution in [2.24, 2.45) is 0 Å². The molecule has 0 bridgehead atoms. The molecule has 2 heterocycles. The third-order valence-corrected chi connectivity index (χ3v) is 9.57. The molecule has 0 radical (unpaired) electrons. The number of fused-ring (bicyclic) bond motifs is 10. The first kappa shape index (κ1) is 26.7. The third-order valence-electron chi connectivity index (χ3n) is 9.57. The highest BCUT2D eigenvalue weighted by Gasteiger charge is 2.23. The smallest absolute Gasteiger partial charge is 0.227 e. The molecule has 0 N–H and O–H groups in total. The summed E-state index contributed by atoms with van der Waals surface area (Å²) < 4.78 is 9.19. The Hall–Kier alpha value is -6.45. The summed E-state index contributed by atoms with van der Waals surface area (Å²) in [6, 6.07) is 60.3. The van der Waals surface area contributed by atoms with Crippen molar-refractivity contribution in [1.82, 2.24) is 9.55 Å². The van der Waals surface area contributed by atoms with Gasteiger partial charge in [0.25, 0.3) is 0 Å². The molecule has 0 spiro atoms. The molecule has 0 amide bonds. The van der Waals surface area contributed by atoms with Crippen LogP contribution in [0.5, 0.6) is 0 Å². The number of aromatic nitrogens is 2. The van der Waals surface area contributed by atoms with Gasteiger partial charge in [-0.15, -0.1) is 0 Å². The largest absolute Gasteiger partial charge is 0.435 e. The van der Waals surface area contributed by atoms with Gasteiger partial charge in [-0.1, -0.05) is 127 Å². The molecule has 2 aromatic heterocycles. The Morgan fingerprint density at radius 1 is 0.417 bits per heavy atom. The molecule has 0 aliphatic rings. The van der Waals surface area contributed by atoms with Crippen LogP contribution in [0.25, 0.3) is 93.8 Å². The van der Waals surface area contributed by atoms with Crippen molar-refractivity contribution in [3.05, 3.63) is 170 Å². The van der Waals surface area contributed by atoms with Gasteiger partial charge in [0.15, 0.2) is 5.58 Å². The zero-order valence-electron chi connectivity index (χ0n) is 26.0. The lowest BCUT2D eigenvalue weighted by molar-refractivity contribution is 0.623. The van der Waals surface area contributed by atoms with Gasteiger partial charge < -0.3 is 8.98 Å². The summed E-state index contributed by atoms with van der Waals surface area (Å²) in [6.45, 7) is 0. The van der Waals surface area contributed by atoms with Gasteiger partial charge in [-0.25, -0.2) is 4.98 Å². The van der Waals surface area contributed by atoms with Crippen LogP contribution in [0.15, 0.2) is 174 Å². The summed E-state index contributed by atoms with van der Waals surface area (Å²) in [7, 11) is 0. The monoisotopic (exact) mass is 612 g/mol. The Bertz CT molecular complexity index is 2750. The van der Waals surface area contributed by atoms with Crippen LogP contribution in [0.2, 0.25) is 0 Å². The first-order valence-electron chi connectivity index (χ1n) is 16.3. The molecule has 224 valence electrons. The quantitative estimate of drug-likeness (QED) is 0.185. The summed E-state index contributed by atoms with van der Waals surface area (Å²) in [5.74, 6) is 0.626. The van der Waals surface area contributed by atoms with Crippen molar-refractivity contribution in [2.45, 2.75) is 0 Å². The first-order chi connectivity index (χ1) is 23.8. The summed E-state index contributed by atoms with van der Waals surface area (Å²) in [5, 5.41) is 7.10. The predicted octanol–water partition coefficient (Wildman–Crippen LogP) is 12.2. The average Bonchev–Trinajstić information content (AvgIpc) is 3.76. The number of nitrogens with zero attached hydrogens (tertiary/aromatic N) is 2. The van der Waals surface area contributed by atoms with E-state index in [0.29, 0.717) is 5.89 Å². The fraction of sp³-hybridized carbons (Fsp3) is 0. The molecule has 10 rings (SSSR count). The Morgan fingerprint density at radius 2 is 0.938 bits per heavy atom. The molecule has 8 aromatic carbocycles. The zero-order valence-corrected chi connectivity index (χ0v) is 26.0. The minimum absolute atomic E-state index is 0.626. The number of hydrogen-bond acceptors (Lipinski definition) is 2. The molecule has 0 atom stereocenters. The summed E-state index contributed by atoms with van der Waals surface area (Å²) >= 11 is 0. The molecule has 48 heavy (non-hydrogen) atoms. The summed E-state index contributed by atoms with van der Waals surface area (Å²) in [4.78, 5) is 5.00. The molecule has 0 aliphatic carbocycles. The Balaban J connectivity index is 1.40. The van der Waals surface area contributed by atoms with Gasteiger partial charge >= 0.3 is 0 Å². The van der Waals surface area contributed by atoms with E-state index in [4.69, 9.17) is 9.40 Å². The van der Waals surface area contributed by atoms with E-state index < -0.39 is 0 Å². The zero-order chi connectivity index (χ0) is 31.6. The summed E-state index contributed by atoms with van der Waals surface area (Å²) in [6.07, 6.45) is 0. The van der Waals surface area contributed by atoms with Crippen molar-refractivity contribution < 1.29 is 4.42 Å². The van der Waals surface area contributed by atoms with E-state index in [2.05, 4.69) is 144 Å². The van der Waals surface area contributed by atoms with Crippen molar-refractivity contribution in [3.8, 4) is 39.4 Å². The topological polar surface area (TPSA) is 31.0 Å². The Morgan fingerprint density at radius 3 is 1.56 bits per heavy atom. The van der Waals surface area contributed by atoms with Crippen LogP contribution >= 0.6 is 0 Å². The van der Waals surface area contributed by atoms with Gasteiger partial charge in [-0.2, -0.15) is 0 Å². The van der Waals surface area contributed by atoms with E-state index in [-0.39, 0.29) is 0 Å².